The van der Waals surface area contributed by atoms with Crippen LogP contribution in [0, 0.1) is 6.92 Å². The van der Waals surface area contributed by atoms with Gasteiger partial charge in [0.1, 0.15) is 17.0 Å². The Morgan fingerprint density at radius 3 is 2.83 bits per heavy atom. The van der Waals surface area contributed by atoms with E-state index in [0.29, 0.717) is 19.5 Å². The highest BCUT2D eigenvalue weighted by Gasteiger charge is 2.20. The molecule has 5 nitrogen and oxygen atoms in total. The maximum atomic E-state index is 11.6. The van der Waals surface area contributed by atoms with Crippen LogP contribution < -0.4 is 10.2 Å². The van der Waals surface area contributed by atoms with Gasteiger partial charge in [0.2, 0.25) is 5.91 Å². The maximum Gasteiger partial charge on any atom is 0.221 e. The number of aromatic nitrogens is 2. The molecule has 0 spiro atoms. The van der Waals surface area contributed by atoms with Gasteiger partial charge in [0, 0.05) is 37.0 Å². The van der Waals surface area contributed by atoms with Gasteiger partial charge >= 0.3 is 0 Å². The molecular formula is C18H18N4OS. The average molecular weight is 338 g/mol. The quantitative estimate of drug-likeness (QED) is 0.780. The highest BCUT2D eigenvalue weighted by molar-refractivity contribution is 7.17. The molecule has 0 unspecified atom stereocenters. The lowest BCUT2D eigenvalue weighted by atomic mass is 10.0. The highest BCUT2D eigenvalue weighted by Crippen LogP contribution is 2.37. The second-order valence-electron chi connectivity index (χ2n) is 5.98. The van der Waals surface area contributed by atoms with Crippen LogP contribution in [0.25, 0.3) is 21.3 Å². The lowest BCUT2D eigenvalue weighted by Gasteiger charge is -2.21. The molecule has 1 aliphatic heterocycles. The standard InChI is InChI=1S/C18H18N4OS/c1-12-2-4-13(5-3-12)14-10-24-18-16(14)17(20-11-21-18)22-8-6-15(23)19-7-9-22/h2-5,10-11H,6-9H2,1H3,(H,19,23). The number of nitrogens with zero attached hydrogens (tertiary/aromatic N) is 3. The van der Waals surface area contributed by atoms with E-state index in [0.717, 1.165) is 28.1 Å². The minimum absolute atomic E-state index is 0.104. The Morgan fingerprint density at radius 1 is 1.17 bits per heavy atom. The minimum Gasteiger partial charge on any atom is -0.354 e. The Kier molecular flexibility index (Phi) is 3.90. The SMILES string of the molecule is Cc1ccc(-c2csc3ncnc(N4CCNC(=O)CC4)c23)cc1. The number of thiophene rings is 1. The third-order valence-electron chi connectivity index (χ3n) is 4.33. The molecule has 6 heteroatoms. The lowest BCUT2D eigenvalue weighted by molar-refractivity contribution is -0.120. The van der Waals surface area contributed by atoms with E-state index in [1.807, 2.05) is 0 Å². The fourth-order valence-corrected chi connectivity index (χ4v) is 3.93. The van der Waals surface area contributed by atoms with Crippen LogP contribution >= 0.6 is 11.3 Å². The van der Waals surface area contributed by atoms with Crippen molar-refractivity contribution in [3.05, 3.63) is 41.5 Å². The topological polar surface area (TPSA) is 58.1 Å². The fourth-order valence-electron chi connectivity index (χ4n) is 3.02. The Bertz CT molecular complexity index is 888. The van der Waals surface area contributed by atoms with Crippen molar-refractivity contribution in [1.29, 1.82) is 0 Å². The molecule has 1 fully saturated rings. The van der Waals surface area contributed by atoms with E-state index in [2.05, 4.69) is 56.8 Å². The largest absolute Gasteiger partial charge is 0.354 e. The third kappa shape index (κ3) is 2.73. The van der Waals surface area contributed by atoms with E-state index in [1.54, 1.807) is 17.7 Å². The van der Waals surface area contributed by atoms with Gasteiger partial charge in [0.15, 0.2) is 0 Å². The molecule has 122 valence electrons. The van der Waals surface area contributed by atoms with Crippen LogP contribution in [0.4, 0.5) is 5.82 Å². The Balaban J connectivity index is 1.82. The van der Waals surface area contributed by atoms with Gasteiger partial charge in [-0.05, 0) is 12.5 Å². The van der Waals surface area contributed by atoms with Crippen LogP contribution in [0.2, 0.25) is 0 Å². The van der Waals surface area contributed by atoms with Crippen molar-refractivity contribution < 1.29 is 4.79 Å². The van der Waals surface area contributed by atoms with Crippen LogP contribution in [0.15, 0.2) is 36.0 Å². The van der Waals surface area contributed by atoms with Gasteiger partial charge in [-0.25, -0.2) is 9.97 Å². The van der Waals surface area contributed by atoms with E-state index in [4.69, 9.17) is 0 Å². The number of amides is 1. The predicted octanol–water partition coefficient (Wildman–Crippen LogP) is 2.99. The van der Waals surface area contributed by atoms with Crippen LogP contribution in [-0.2, 0) is 4.79 Å². The first-order valence-electron chi connectivity index (χ1n) is 8.03. The summed E-state index contributed by atoms with van der Waals surface area (Å²) in [5.41, 5.74) is 3.58. The molecule has 0 bridgehead atoms. The molecular weight excluding hydrogens is 320 g/mol. The molecule has 3 aromatic rings. The van der Waals surface area contributed by atoms with Crippen LogP contribution in [0.5, 0.6) is 0 Å². The molecule has 0 atom stereocenters. The Labute approximate surface area is 144 Å². The molecule has 0 radical (unpaired) electrons. The molecule has 1 aromatic carbocycles. The van der Waals surface area contributed by atoms with Crippen LogP contribution in [-0.4, -0.2) is 35.5 Å². The second kappa shape index (κ2) is 6.20. The van der Waals surface area contributed by atoms with E-state index >= 15 is 0 Å². The summed E-state index contributed by atoms with van der Waals surface area (Å²) in [6, 6.07) is 8.52. The number of rotatable bonds is 2. The molecule has 1 N–H and O–H groups in total. The number of nitrogens with one attached hydrogen (secondary N) is 1. The Hall–Kier alpha value is -2.47. The summed E-state index contributed by atoms with van der Waals surface area (Å²) in [5.74, 6) is 1.03. The number of anilines is 1. The van der Waals surface area contributed by atoms with E-state index in [9.17, 15) is 4.79 Å². The fraction of sp³-hybridized carbons (Fsp3) is 0.278. The molecule has 0 aliphatic carbocycles. The van der Waals surface area contributed by atoms with Crippen LogP contribution in [0.1, 0.15) is 12.0 Å². The lowest BCUT2D eigenvalue weighted by Crippen LogP contribution is -2.29. The summed E-state index contributed by atoms with van der Waals surface area (Å²) < 4.78 is 0. The first-order chi connectivity index (χ1) is 11.7. The van der Waals surface area contributed by atoms with Crippen LogP contribution in [0.3, 0.4) is 0 Å². The highest BCUT2D eigenvalue weighted by atomic mass is 32.1. The van der Waals surface area contributed by atoms with Gasteiger partial charge in [0.25, 0.3) is 0 Å². The molecule has 2 aromatic heterocycles. The van der Waals surface area contributed by atoms with Crippen molar-refractivity contribution >= 4 is 33.3 Å². The van der Waals surface area contributed by atoms with Crippen molar-refractivity contribution in [2.45, 2.75) is 13.3 Å². The van der Waals surface area contributed by atoms with E-state index in [1.165, 1.54) is 11.1 Å². The van der Waals surface area contributed by atoms with Gasteiger partial charge in [-0.15, -0.1) is 11.3 Å². The van der Waals surface area contributed by atoms with Gasteiger partial charge in [-0.3, -0.25) is 4.79 Å². The maximum absolute atomic E-state index is 11.6. The molecule has 1 amide bonds. The number of benzene rings is 1. The second-order valence-corrected chi connectivity index (χ2v) is 6.84. The monoisotopic (exact) mass is 338 g/mol. The van der Waals surface area contributed by atoms with Crippen molar-refractivity contribution in [3.8, 4) is 11.1 Å². The van der Waals surface area contributed by atoms with Crippen molar-refractivity contribution in [1.82, 2.24) is 15.3 Å². The van der Waals surface area contributed by atoms with Crippen molar-refractivity contribution in [2.24, 2.45) is 0 Å². The zero-order valence-corrected chi connectivity index (χ0v) is 14.3. The van der Waals surface area contributed by atoms with E-state index in [-0.39, 0.29) is 5.91 Å². The smallest absolute Gasteiger partial charge is 0.221 e. The Morgan fingerprint density at radius 2 is 2.00 bits per heavy atom. The molecule has 4 rings (SSSR count). The van der Waals surface area contributed by atoms with Gasteiger partial charge in [-0.1, -0.05) is 29.8 Å². The van der Waals surface area contributed by atoms with Crippen molar-refractivity contribution in [2.75, 3.05) is 24.5 Å². The van der Waals surface area contributed by atoms with Gasteiger partial charge in [-0.2, -0.15) is 0 Å². The normalized spacial score (nSPS) is 15.4. The summed E-state index contributed by atoms with van der Waals surface area (Å²) in [6.07, 6.45) is 2.11. The molecule has 3 heterocycles. The third-order valence-corrected chi connectivity index (χ3v) is 5.21. The first kappa shape index (κ1) is 15.1. The number of hydrogen-bond donors (Lipinski definition) is 1. The van der Waals surface area contributed by atoms with Gasteiger partial charge < -0.3 is 10.2 Å². The molecule has 0 saturated carbocycles. The number of carbonyl (C=O) groups is 1. The summed E-state index contributed by atoms with van der Waals surface area (Å²) in [5, 5.41) is 6.15. The number of hydrogen-bond acceptors (Lipinski definition) is 5. The molecule has 1 saturated heterocycles. The first-order valence-corrected chi connectivity index (χ1v) is 8.91. The zero-order chi connectivity index (χ0) is 16.5. The predicted molar refractivity (Wildman–Crippen MR) is 97.4 cm³/mol. The molecule has 24 heavy (non-hydrogen) atoms. The summed E-state index contributed by atoms with van der Waals surface area (Å²) in [6.45, 7) is 4.18. The molecule has 1 aliphatic rings. The summed E-state index contributed by atoms with van der Waals surface area (Å²) in [7, 11) is 0. The number of fused-ring (bicyclic) bond motifs is 1. The minimum atomic E-state index is 0.104. The average Bonchev–Trinajstić information content (AvgIpc) is 2.91. The van der Waals surface area contributed by atoms with E-state index < -0.39 is 0 Å². The van der Waals surface area contributed by atoms with Crippen molar-refractivity contribution in [3.63, 3.8) is 0 Å². The van der Waals surface area contributed by atoms with Gasteiger partial charge in [0.05, 0.1) is 5.39 Å². The zero-order valence-electron chi connectivity index (χ0n) is 13.5. The summed E-state index contributed by atoms with van der Waals surface area (Å²) in [4.78, 5) is 23.8. The number of aryl methyl sites for hydroxylation is 1. The number of carbonyl (C=O) groups excluding carboxylic acids is 1. The summed E-state index contributed by atoms with van der Waals surface area (Å²) >= 11 is 1.64.